The Morgan fingerprint density at radius 3 is 1.94 bits per heavy atom. The molecule has 0 aliphatic heterocycles. The van der Waals surface area contributed by atoms with Gasteiger partial charge in [-0.2, -0.15) is 18.2 Å². The van der Waals surface area contributed by atoms with Gasteiger partial charge in [-0.3, -0.25) is 9.55 Å². The fraction of sp³-hybridized carbons (Fsp3) is 0.254. The zero-order valence-electron chi connectivity index (χ0n) is 46.8. The molecule has 0 bridgehead atoms. The number of aromatic nitrogens is 5. The molecule has 14 rings (SSSR count). The molecule has 12 aromatic rings. The van der Waals surface area contributed by atoms with Crippen molar-refractivity contribution >= 4 is 54.8 Å². The Balaban J connectivity index is 0.00000591. The largest absolute Gasteiger partial charge is 0.484 e. The van der Waals surface area contributed by atoms with Gasteiger partial charge in [-0.05, 0) is 138 Å². The Labute approximate surface area is 477 Å². The topological polar surface area (TPSA) is 61.9 Å². The second-order valence-corrected chi connectivity index (χ2v) is 25.7. The molecule has 0 fully saturated rings. The molecule has 7 aromatic carbocycles. The number of hydrogen-bond donors (Lipinski definition) is 0. The van der Waals surface area contributed by atoms with Crippen LogP contribution in [0.4, 0.5) is 0 Å². The van der Waals surface area contributed by atoms with Gasteiger partial charge in [-0.1, -0.05) is 173 Å². The third-order valence-corrected chi connectivity index (χ3v) is 17.3. The minimum atomic E-state index is -0.0930. The number of furan rings is 1. The van der Waals surface area contributed by atoms with Crippen molar-refractivity contribution in [1.29, 1.82) is 0 Å². The summed E-state index contributed by atoms with van der Waals surface area (Å²) in [6.07, 6.45) is 9.88. The zero-order valence-corrected chi connectivity index (χ0v) is 49.1. The molecule has 0 radical (unpaired) electrons. The molecule has 0 N–H and O–H groups in total. The molecule has 0 amide bonds. The third-order valence-electron chi connectivity index (χ3n) is 17.3. The number of nitrogens with zero attached hydrogens (tertiary/aromatic N) is 5. The molecular weight excluding hydrogens is 1150 g/mol. The van der Waals surface area contributed by atoms with Crippen molar-refractivity contribution in [3.8, 4) is 51.1 Å². The van der Waals surface area contributed by atoms with Gasteiger partial charge >= 0.3 is 0 Å². The maximum Gasteiger partial charge on any atom is 0.268 e. The van der Waals surface area contributed by atoms with Gasteiger partial charge in [0.15, 0.2) is 0 Å². The summed E-state index contributed by atoms with van der Waals surface area (Å²) in [6.45, 7) is 25.8. The number of pyridine rings is 2. The third kappa shape index (κ3) is 8.04. The van der Waals surface area contributed by atoms with Gasteiger partial charge in [0.2, 0.25) is 0 Å². The summed E-state index contributed by atoms with van der Waals surface area (Å²) in [4.78, 5) is 9.89. The fourth-order valence-electron chi connectivity index (χ4n) is 14.1. The maximum atomic E-state index is 6.73. The van der Waals surface area contributed by atoms with E-state index in [-0.39, 0.29) is 48.1 Å². The number of fused-ring (bicyclic) bond motifs is 10. The van der Waals surface area contributed by atoms with E-state index in [0.717, 1.165) is 95.9 Å². The first-order valence-corrected chi connectivity index (χ1v) is 27.5. The van der Waals surface area contributed by atoms with E-state index in [4.69, 9.17) is 19.1 Å². The molecule has 0 saturated carbocycles. The van der Waals surface area contributed by atoms with Gasteiger partial charge in [0, 0.05) is 49.3 Å². The molecule has 2 aliphatic carbocycles. The number of hydrogen-bond acceptors (Lipinski definition) is 4. The van der Waals surface area contributed by atoms with Crippen LogP contribution in [0.15, 0.2) is 162 Å². The predicted molar refractivity (Wildman–Crippen MR) is 316 cm³/mol. The van der Waals surface area contributed by atoms with Crippen LogP contribution < -0.4 is 9.30 Å². The van der Waals surface area contributed by atoms with Gasteiger partial charge in [-0.15, -0.1) is 23.0 Å². The van der Waals surface area contributed by atoms with Crippen LogP contribution in [0.25, 0.3) is 94.2 Å². The maximum absolute atomic E-state index is 6.73. The Morgan fingerprint density at radius 2 is 1.24 bits per heavy atom. The molecule has 0 saturated heterocycles. The van der Waals surface area contributed by atoms with Crippen molar-refractivity contribution < 1.29 is 34.8 Å². The SMILES string of the molecule is CC(C)(C)c1ccnc(-n2c3[c-]c(Oc4[c-]c(-n5[c-][n+](-c6c(-c7ccc8c(c7)C(C)(C)CC8(C)C)cccc6-c6ccc7c(c6)C(C)(C)CC7(C)C)c6ccccc65)ccc4)ncc3c3c4oc5ccccc5c4ccc32)c1.[Pt]. The minimum absolute atomic E-state index is 0. The van der Waals surface area contributed by atoms with Gasteiger partial charge in [0.1, 0.15) is 22.9 Å². The van der Waals surface area contributed by atoms with Crippen LogP contribution in [0.5, 0.6) is 11.6 Å². The first-order chi connectivity index (χ1) is 37.2. The van der Waals surface area contributed by atoms with E-state index >= 15 is 0 Å². The molecule has 5 aromatic heterocycles. The number of ether oxygens (including phenoxy) is 1. The van der Waals surface area contributed by atoms with Crippen LogP contribution in [0.3, 0.4) is 0 Å². The van der Waals surface area contributed by atoms with Crippen LogP contribution in [-0.4, -0.2) is 19.1 Å². The van der Waals surface area contributed by atoms with E-state index < -0.39 is 0 Å². The zero-order chi connectivity index (χ0) is 53.8. The Morgan fingerprint density at radius 1 is 0.595 bits per heavy atom. The molecule has 0 unspecified atom stereocenters. The Hall–Kier alpha value is -7.60. The molecule has 7 nitrogen and oxygen atoms in total. The van der Waals surface area contributed by atoms with Gasteiger partial charge in [-0.25, -0.2) is 4.98 Å². The first kappa shape index (κ1) is 50.9. The Kier molecular flexibility index (Phi) is 11.4. The molecule has 0 spiro atoms. The second-order valence-electron chi connectivity index (χ2n) is 25.7. The van der Waals surface area contributed by atoms with Crippen molar-refractivity contribution in [2.75, 3.05) is 0 Å². The Bertz CT molecular complexity index is 4390. The first-order valence-electron chi connectivity index (χ1n) is 27.5. The van der Waals surface area contributed by atoms with Crippen LogP contribution in [0.2, 0.25) is 0 Å². The van der Waals surface area contributed by atoms with Crippen LogP contribution in [0.1, 0.15) is 117 Å². The van der Waals surface area contributed by atoms with Crippen molar-refractivity contribution in [3.05, 3.63) is 204 Å². The quantitative estimate of drug-likeness (QED) is 0.118. The van der Waals surface area contributed by atoms with Crippen molar-refractivity contribution in [2.24, 2.45) is 0 Å². The summed E-state index contributed by atoms with van der Waals surface area (Å²) in [5.41, 5.74) is 19.0. The number of rotatable bonds is 7. The van der Waals surface area contributed by atoms with E-state index in [1.54, 1.807) is 0 Å². The molecule has 396 valence electrons. The van der Waals surface area contributed by atoms with E-state index in [1.165, 1.54) is 38.9 Å². The van der Waals surface area contributed by atoms with E-state index in [9.17, 15) is 0 Å². The predicted octanol–water partition coefficient (Wildman–Crippen LogP) is 17.4. The van der Waals surface area contributed by atoms with Gasteiger partial charge < -0.3 is 18.3 Å². The van der Waals surface area contributed by atoms with Crippen LogP contribution in [0, 0.1) is 18.5 Å². The molecule has 5 heterocycles. The molecule has 8 heteroatoms. The van der Waals surface area contributed by atoms with E-state index in [2.05, 4.69) is 230 Å². The number of benzene rings is 7. The van der Waals surface area contributed by atoms with Crippen LogP contribution >= 0.6 is 0 Å². The second kappa shape index (κ2) is 17.7. The van der Waals surface area contributed by atoms with E-state index in [0.29, 0.717) is 11.6 Å². The summed E-state index contributed by atoms with van der Waals surface area (Å²) < 4.78 is 19.9. The van der Waals surface area contributed by atoms with Crippen molar-refractivity contribution in [1.82, 2.24) is 19.1 Å². The number of imidazole rings is 1. The van der Waals surface area contributed by atoms with Crippen molar-refractivity contribution in [3.63, 3.8) is 0 Å². The monoisotopic (exact) mass is 1210 g/mol. The smallest absolute Gasteiger partial charge is 0.268 e. The summed E-state index contributed by atoms with van der Waals surface area (Å²) >= 11 is 0. The summed E-state index contributed by atoms with van der Waals surface area (Å²) in [7, 11) is 0. The standard InChI is InChI=1S/C71H63N5O2.Pt/c1-67(2,3)45-32-33-72-62(36-45)76-59-31-28-51-50-20-12-15-25-61(50)78-66(51)64(59)52-39-73-63(38-60(52)76)77-47-19-16-18-46(37-47)74-42-75(58-24-14-13-23-57(58)74)65-48(43-26-29-53-55(34-43)70(8,9)40-68(53,4)5)21-17-22-49(65)44-27-30-54-56(35-44)71(10,11)41-69(54,6)7;/h12-36,39H,40-41H2,1-11H3;/q-2;. The molecule has 2 aliphatic rings. The van der Waals surface area contributed by atoms with Crippen molar-refractivity contribution in [2.45, 2.75) is 116 Å². The fourth-order valence-corrected chi connectivity index (χ4v) is 14.1. The minimum Gasteiger partial charge on any atom is -0.484 e. The van der Waals surface area contributed by atoms with Crippen LogP contribution in [-0.2, 0) is 48.1 Å². The molecule has 0 atom stereocenters. The summed E-state index contributed by atoms with van der Waals surface area (Å²) in [5.74, 6) is 1.59. The average Bonchev–Trinajstić information content (AvgIpc) is 4.32. The van der Waals surface area contributed by atoms with Gasteiger partial charge in [0.25, 0.3) is 6.33 Å². The normalized spacial score (nSPS) is 16.0. The van der Waals surface area contributed by atoms with Gasteiger partial charge in [0.05, 0.1) is 16.7 Å². The molecule has 79 heavy (non-hydrogen) atoms. The summed E-state index contributed by atoms with van der Waals surface area (Å²) in [6, 6.07) is 59.8. The number of para-hydroxylation sites is 4. The summed E-state index contributed by atoms with van der Waals surface area (Å²) in [5, 5.41) is 3.95. The molecular formula is C71H63N5O2Pt-2. The average molecular weight is 1210 g/mol. The van der Waals surface area contributed by atoms with E-state index in [1.807, 2.05) is 36.7 Å².